The maximum Gasteiger partial charge on any atom is 0.0404 e. The Morgan fingerprint density at radius 1 is 0.929 bits per heavy atom. The minimum Gasteiger partial charge on any atom is -0.122 e. The van der Waals surface area contributed by atoms with E-state index in [0.717, 1.165) is 29.6 Å². The molecule has 0 heterocycles. The van der Waals surface area contributed by atoms with E-state index in [1.54, 1.807) is 6.42 Å². The van der Waals surface area contributed by atoms with Gasteiger partial charge in [-0.1, -0.05) is 12.2 Å². The van der Waals surface area contributed by atoms with Crippen LogP contribution in [0.1, 0.15) is 32.1 Å². The highest BCUT2D eigenvalue weighted by Gasteiger charge is 2.46. The Balaban J connectivity index is 1.77. The van der Waals surface area contributed by atoms with E-state index in [0.29, 0.717) is 5.88 Å². The van der Waals surface area contributed by atoms with E-state index in [-0.39, 0.29) is 0 Å². The predicted molar refractivity (Wildman–Crippen MR) is 60.4 cm³/mol. The summed E-state index contributed by atoms with van der Waals surface area (Å²) in [5, 5.41) is 0. The molecule has 0 amide bonds. The number of rotatable bonds is 2. The molecule has 14 heavy (non-hydrogen) atoms. The fraction of sp³-hybridized carbons (Fsp3) is 0.846. The van der Waals surface area contributed by atoms with Crippen molar-refractivity contribution in [2.45, 2.75) is 32.1 Å². The van der Waals surface area contributed by atoms with Crippen molar-refractivity contribution in [2.24, 2.45) is 29.6 Å². The third kappa shape index (κ3) is 1.43. The number of halogens is 1. The van der Waals surface area contributed by atoms with Gasteiger partial charge in [-0.25, -0.2) is 0 Å². The van der Waals surface area contributed by atoms with E-state index in [9.17, 15) is 0 Å². The third-order valence-corrected chi connectivity index (χ3v) is 4.93. The van der Waals surface area contributed by atoms with Crippen molar-refractivity contribution >= 4 is 11.6 Å². The summed E-state index contributed by atoms with van der Waals surface area (Å²) in [5.74, 6) is 5.82. The average Bonchev–Trinajstić information content (AvgIpc) is 2.15. The first-order valence-corrected chi connectivity index (χ1v) is 6.63. The Morgan fingerprint density at radius 3 is 2.00 bits per heavy atom. The summed E-state index contributed by atoms with van der Waals surface area (Å²) in [4.78, 5) is 0. The predicted octanol–water partition coefficient (Wildman–Crippen LogP) is 3.85. The molecule has 1 heteroatoms. The lowest BCUT2D eigenvalue weighted by atomic mass is 9.52. The normalized spacial score (nSPS) is 50.5. The highest BCUT2D eigenvalue weighted by molar-refractivity contribution is 6.18. The first kappa shape index (κ1) is 9.27. The van der Waals surface area contributed by atoms with Crippen molar-refractivity contribution in [1.29, 1.82) is 0 Å². The zero-order valence-electron chi connectivity index (χ0n) is 8.66. The van der Waals surface area contributed by atoms with Crippen LogP contribution < -0.4 is 0 Å². The van der Waals surface area contributed by atoms with Gasteiger partial charge < -0.3 is 0 Å². The SMILES string of the molecule is ClC/C=C/C1C2CC3CC(C2)CC1C3. The molecule has 0 radical (unpaired) electrons. The molecule has 0 aromatic heterocycles. The Bertz CT molecular complexity index is 216. The Kier molecular flexibility index (Phi) is 2.35. The van der Waals surface area contributed by atoms with Crippen molar-refractivity contribution in [3.05, 3.63) is 12.2 Å². The number of allylic oxidation sites excluding steroid dienone is 2. The number of hydrogen-bond donors (Lipinski definition) is 0. The van der Waals surface area contributed by atoms with Crippen LogP contribution in [0.15, 0.2) is 12.2 Å². The van der Waals surface area contributed by atoms with Gasteiger partial charge in [0.25, 0.3) is 0 Å². The molecule has 78 valence electrons. The fourth-order valence-electron chi connectivity index (χ4n) is 4.49. The van der Waals surface area contributed by atoms with Gasteiger partial charge in [0, 0.05) is 5.88 Å². The molecule has 4 rings (SSSR count). The molecule has 4 aliphatic carbocycles. The Labute approximate surface area is 91.7 Å². The summed E-state index contributed by atoms with van der Waals surface area (Å²) >= 11 is 5.73. The molecule has 0 atom stereocenters. The van der Waals surface area contributed by atoms with Crippen LogP contribution in [0.3, 0.4) is 0 Å². The van der Waals surface area contributed by atoms with Gasteiger partial charge in [-0.3, -0.25) is 0 Å². The second-order valence-electron chi connectivity index (χ2n) is 5.59. The molecule has 4 saturated carbocycles. The van der Waals surface area contributed by atoms with Gasteiger partial charge in [0.15, 0.2) is 0 Å². The summed E-state index contributed by atoms with van der Waals surface area (Å²) in [7, 11) is 0. The average molecular weight is 211 g/mol. The topological polar surface area (TPSA) is 0 Å². The maximum atomic E-state index is 5.73. The Morgan fingerprint density at radius 2 is 1.50 bits per heavy atom. The van der Waals surface area contributed by atoms with Gasteiger partial charge in [0.05, 0.1) is 0 Å². The minimum absolute atomic E-state index is 0.697. The van der Waals surface area contributed by atoms with Crippen molar-refractivity contribution < 1.29 is 0 Å². The summed E-state index contributed by atoms with van der Waals surface area (Å²) in [6.45, 7) is 0. The van der Waals surface area contributed by atoms with Gasteiger partial charge in [-0.15, -0.1) is 11.6 Å². The lowest BCUT2D eigenvalue weighted by Gasteiger charge is -2.53. The molecule has 0 aliphatic heterocycles. The van der Waals surface area contributed by atoms with Crippen LogP contribution >= 0.6 is 11.6 Å². The van der Waals surface area contributed by atoms with Gasteiger partial charge in [-0.2, -0.15) is 0 Å². The summed E-state index contributed by atoms with van der Waals surface area (Å²) in [6, 6.07) is 0. The molecular formula is C13H19Cl. The van der Waals surface area contributed by atoms with Crippen LogP contribution in [0.5, 0.6) is 0 Å². The third-order valence-electron chi connectivity index (χ3n) is 4.75. The monoisotopic (exact) mass is 210 g/mol. The summed E-state index contributed by atoms with van der Waals surface area (Å²) < 4.78 is 0. The highest BCUT2D eigenvalue weighted by atomic mass is 35.5. The van der Waals surface area contributed by atoms with Gasteiger partial charge in [0.2, 0.25) is 0 Å². The van der Waals surface area contributed by atoms with Gasteiger partial charge in [0.1, 0.15) is 0 Å². The fourth-order valence-corrected chi connectivity index (χ4v) is 4.59. The van der Waals surface area contributed by atoms with Gasteiger partial charge in [-0.05, 0) is 61.7 Å². The quantitative estimate of drug-likeness (QED) is 0.480. The molecule has 0 N–H and O–H groups in total. The van der Waals surface area contributed by atoms with E-state index < -0.39 is 0 Å². The highest BCUT2D eigenvalue weighted by Crippen LogP contribution is 2.56. The Hall–Kier alpha value is 0.0300. The molecule has 0 aromatic carbocycles. The zero-order chi connectivity index (χ0) is 9.54. The maximum absolute atomic E-state index is 5.73. The molecule has 0 unspecified atom stereocenters. The number of hydrogen-bond acceptors (Lipinski definition) is 0. The largest absolute Gasteiger partial charge is 0.122 e. The smallest absolute Gasteiger partial charge is 0.0404 e. The molecule has 0 spiro atoms. The van der Waals surface area contributed by atoms with Crippen molar-refractivity contribution in [1.82, 2.24) is 0 Å². The van der Waals surface area contributed by atoms with Crippen LogP contribution in [0, 0.1) is 29.6 Å². The van der Waals surface area contributed by atoms with Crippen LogP contribution in [0.4, 0.5) is 0 Å². The van der Waals surface area contributed by atoms with Gasteiger partial charge >= 0.3 is 0 Å². The van der Waals surface area contributed by atoms with Crippen LogP contribution in [0.2, 0.25) is 0 Å². The molecule has 4 fully saturated rings. The lowest BCUT2D eigenvalue weighted by molar-refractivity contribution is -0.0161. The standard InChI is InChI=1S/C13H19Cl/c14-3-1-2-13-11-5-9-4-10(7-11)8-12(13)6-9/h1-2,9-13H,3-8H2/b2-1+. The molecule has 0 aromatic rings. The van der Waals surface area contributed by atoms with Crippen molar-refractivity contribution in [3.8, 4) is 0 Å². The first-order valence-electron chi connectivity index (χ1n) is 6.09. The van der Waals surface area contributed by atoms with E-state index in [1.165, 1.54) is 25.7 Å². The van der Waals surface area contributed by atoms with Crippen molar-refractivity contribution in [2.75, 3.05) is 5.88 Å². The lowest BCUT2D eigenvalue weighted by Crippen LogP contribution is -2.44. The van der Waals surface area contributed by atoms with Crippen LogP contribution in [0.25, 0.3) is 0 Å². The van der Waals surface area contributed by atoms with Crippen molar-refractivity contribution in [3.63, 3.8) is 0 Å². The van der Waals surface area contributed by atoms with Crippen LogP contribution in [-0.2, 0) is 0 Å². The second kappa shape index (κ2) is 3.56. The molecular weight excluding hydrogens is 192 g/mol. The van der Waals surface area contributed by atoms with E-state index in [2.05, 4.69) is 12.2 Å². The van der Waals surface area contributed by atoms with Crippen LogP contribution in [-0.4, -0.2) is 5.88 Å². The molecule has 0 saturated heterocycles. The van der Waals surface area contributed by atoms with E-state index in [4.69, 9.17) is 11.6 Å². The summed E-state index contributed by atoms with van der Waals surface area (Å²) in [5.41, 5.74) is 0. The molecule has 0 nitrogen and oxygen atoms in total. The van der Waals surface area contributed by atoms with E-state index in [1.807, 2.05) is 0 Å². The second-order valence-corrected chi connectivity index (χ2v) is 5.90. The molecule has 4 bridgehead atoms. The molecule has 4 aliphatic rings. The first-order chi connectivity index (χ1) is 6.86. The zero-order valence-corrected chi connectivity index (χ0v) is 9.42. The number of alkyl halides is 1. The minimum atomic E-state index is 0.697. The summed E-state index contributed by atoms with van der Waals surface area (Å²) in [6.07, 6.45) is 12.2. The van der Waals surface area contributed by atoms with E-state index >= 15 is 0 Å².